The Kier molecular flexibility index (Phi) is 4.94. The van der Waals surface area contributed by atoms with Crippen molar-refractivity contribution in [2.45, 2.75) is 6.92 Å². The van der Waals surface area contributed by atoms with E-state index in [0.717, 1.165) is 5.69 Å². The van der Waals surface area contributed by atoms with E-state index in [1.54, 1.807) is 18.8 Å². The van der Waals surface area contributed by atoms with Gasteiger partial charge in [0.15, 0.2) is 0 Å². The van der Waals surface area contributed by atoms with Crippen molar-refractivity contribution in [1.82, 2.24) is 15.1 Å². The van der Waals surface area contributed by atoms with Crippen LogP contribution >= 0.6 is 0 Å². The number of amides is 1. The Morgan fingerprint density at radius 2 is 2.38 bits per heavy atom. The van der Waals surface area contributed by atoms with Gasteiger partial charge >= 0.3 is 0 Å². The molecular weight excluding hydrogens is 208 g/mol. The second kappa shape index (κ2) is 6.24. The van der Waals surface area contributed by atoms with Crippen LogP contribution in [-0.4, -0.2) is 42.5 Å². The Labute approximate surface area is 95.0 Å². The largest absolute Gasteiger partial charge is 0.383 e. The highest BCUT2D eigenvalue weighted by Gasteiger charge is 2.05. The smallest absolute Gasteiger partial charge is 0.239 e. The monoisotopic (exact) mass is 226 g/mol. The van der Waals surface area contributed by atoms with Crippen molar-refractivity contribution in [3.8, 4) is 0 Å². The molecule has 0 fully saturated rings. The zero-order valence-corrected chi connectivity index (χ0v) is 9.91. The molecule has 16 heavy (non-hydrogen) atoms. The maximum atomic E-state index is 11.5. The summed E-state index contributed by atoms with van der Waals surface area (Å²) in [5.74, 6) is 0.621. The van der Waals surface area contributed by atoms with Gasteiger partial charge in [-0.1, -0.05) is 0 Å². The number of ether oxygens (including phenoxy) is 1. The molecule has 6 nitrogen and oxygen atoms in total. The summed E-state index contributed by atoms with van der Waals surface area (Å²) in [5.41, 5.74) is 0.880. The molecule has 0 saturated carbocycles. The van der Waals surface area contributed by atoms with Gasteiger partial charge in [-0.15, -0.1) is 0 Å². The van der Waals surface area contributed by atoms with Gasteiger partial charge < -0.3 is 15.4 Å². The average molecular weight is 226 g/mol. The molecule has 0 bridgehead atoms. The van der Waals surface area contributed by atoms with Gasteiger partial charge in [0.1, 0.15) is 5.82 Å². The molecule has 0 aliphatic carbocycles. The van der Waals surface area contributed by atoms with Crippen molar-refractivity contribution in [3.05, 3.63) is 11.8 Å². The number of anilines is 1. The number of hydrogen-bond acceptors (Lipinski definition) is 4. The third kappa shape index (κ3) is 4.00. The quantitative estimate of drug-likeness (QED) is 0.665. The first-order valence-corrected chi connectivity index (χ1v) is 5.13. The van der Waals surface area contributed by atoms with E-state index in [9.17, 15) is 4.79 Å². The van der Waals surface area contributed by atoms with Gasteiger partial charge in [0, 0.05) is 26.8 Å². The third-order valence-corrected chi connectivity index (χ3v) is 2.04. The molecule has 0 aliphatic heterocycles. The van der Waals surface area contributed by atoms with Gasteiger partial charge in [-0.2, -0.15) is 5.10 Å². The summed E-state index contributed by atoms with van der Waals surface area (Å²) >= 11 is 0. The fourth-order valence-corrected chi connectivity index (χ4v) is 1.29. The predicted molar refractivity (Wildman–Crippen MR) is 61.3 cm³/mol. The lowest BCUT2D eigenvalue weighted by molar-refractivity contribution is -0.115. The first-order valence-electron chi connectivity index (χ1n) is 5.13. The van der Waals surface area contributed by atoms with Crippen LogP contribution in [0.3, 0.4) is 0 Å². The van der Waals surface area contributed by atoms with E-state index in [2.05, 4.69) is 15.7 Å². The molecule has 1 rings (SSSR count). The topological polar surface area (TPSA) is 68.2 Å². The van der Waals surface area contributed by atoms with Crippen LogP contribution in [0.5, 0.6) is 0 Å². The van der Waals surface area contributed by atoms with E-state index >= 15 is 0 Å². The number of carbonyl (C=O) groups excluding carboxylic acids is 1. The fraction of sp³-hybridized carbons (Fsp3) is 0.600. The Hall–Kier alpha value is -1.40. The summed E-state index contributed by atoms with van der Waals surface area (Å²) in [6.45, 7) is 3.41. The highest BCUT2D eigenvalue weighted by molar-refractivity contribution is 5.91. The van der Waals surface area contributed by atoms with Gasteiger partial charge in [0.2, 0.25) is 5.91 Å². The summed E-state index contributed by atoms with van der Waals surface area (Å²) in [4.78, 5) is 11.5. The zero-order chi connectivity index (χ0) is 12.0. The number of nitrogens with zero attached hydrogens (tertiary/aromatic N) is 2. The van der Waals surface area contributed by atoms with Crippen molar-refractivity contribution in [2.24, 2.45) is 7.05 Å². The molecule has 0 radical (unpaired) electrons. The molecule has 0 spiro atoms. The number of methoxy groups -OCH3 is 1. The van der Waals surface area contributed by atoms with Gasteiger partial charge in [0.05, 0.1) is 18.8 Å². The SMILES string of the molecule is COCCNCC(=O)Nc1cc(C)nn1C. The van der Waals surface area contributed by atoms with Crippen LogP contribution in [0.2, 0.25) is 0 Å². The molecule has 1 amide bonds. The van der Waals surface area contributed by atoms with Crippen LogP contribution in [-0.2, 0) is 16.6 Å². The molecule has 0 unspecified atom stereocenters. The average Bonchev–Trinajstić information content (AvgIpc) is 2.52. The first-order chi connectivity index (χ1) is 7.63. The Bertz CT molecular complexity index is 349. The molecule has 2 N–H and O–H groups in total. The standard InChI is InChI=1S/C10H18N4O2/c1-8-6-9(14(2)13-8)12-10(15)7-11-4-5-16-3/h6,11H,4-5,7H2,1-3H3,(H,12,15). The van der Waals surface area contributed by atoms with Crippen molar-refractivity contribution in [2.75, 3.05) is 32.1 Å². The maximum absolute atomic E-state index is 11.5. The highest BCUT2D eigenvalue weighted by Crippen LogP contribution is 2.06. The van der Waals surface area contributed by atoms with Crippen LogP contribution < -0.4 is 10.6 Å². The number of carbonyl (C=O) groups is 1. The summed E-state index contributed by atoms with van der Waals surface area (Å²) in [6, 6.07) is 1.83. The molecule has 1 aromatic rings. The van der Waals surface area contributed by atoms with Gasteiger partial charge in [0.25, 0.3) is 0 Å². The van der Waals surface area contributed by atoms with E-state index in [1.165, 1.54) is 0 Å². The number of aromatic nitrogens is 2. The predicted octanol–water partition coefficient (Wildman–Crippen LogP) is -0.0970. The minimum atomic E-state index is -0.0842. The normalized spacial score (nSPS) is 10.4. The van der Waals surface area contributed by atoms with E-state index in [0.29, 0.717) is 19.0 Å². The minimum Gasteiger partial charge on any atom is -0.383 e. The van der Waals surface area contributed by atoms with Crippen LogP contribution in [0.1, 0.15) is 5.69 Å². The molecule has 90 valence electrons. The van der Waals surface area contributed by atoms with Crippen molar-refractivity contribution in [1.29, 1.82) is 0 Å². The van der Waals surface area contributed by atoms with Gasteiger partial charge in [-0.25, -0.2) is 0 Å². The van der Waals surface area contributed by atoms with E-state index in [4.69, 9.17) is 4.74 Å². The van der Waals surface area contributed by atoms with Gasteiger partial charge in [-0.05, 0) is 6.92 Å². The van der Waals surface area contributed by atoms with Crippen LogP contribution in [0.25, 0.3) is 0 Å². The molecule has 0 atom stereocenters. The zero-order valence-electron chi connectivity index (χ0n) is 9.91. The molecule has 0 aromatic carbocycles. The summed E-state index contributed by atoms with van der Waals surface area (Å²) < 4.78 is 6.50. The second-order valence-electron chi connectivity index (χ2n) is 3.51. The number of rotatable bonds is 6. The minimum absolute atomic E-state index is 0.0842. The summed E-state index contributed by atoms with van der Waals surface area (Å²) in [7, 11) is 3.42. The lowest BCUT2D eigenvalue weighted by Crippen LogP contribution is -2.30. The van der Waals surface area contributed by atoms with E-state index in [-0.39, 0.29) is 12.5 Å². The number of nitrogens with one attached hydrogen (secondary N) is 2. The van der Waals surface area contributed by atoms with Crippen molar-refractivity contribution >= 4 is 11.7 Å². The Morgan fingerprint density at radius 3 is 2.94 bits per heavy atom. The highest BCUT2D eigenvalue weighted by atomic mass is 16.5. The van der Waals surface area contributed by atoms with Crippen molar-refractivity contribution < 1.29 is 9.53 Å². The third-order valence-electron chi connectivity index (χ3n) is 2.04. The van der Waals surface area contributed by atoms with Gasteiger partial charge in [-0.3, -0.25) is 9.48 Å². The second-order valence-corrected chi connectivity index (χ2v) is 3.51. The summed E-state index contributed by atoms with van der Waals surface area (Å²) in [6.07, 6.45) is 0. The molecule has 6 heteroatoms. The molecular formula is C10H18N4O2. The van der Waals surface area contributed by atoms with E-state index < -0.39 is 0 Å². The number of hydrogen-bond donors (Lipinski definition) is 2. The fourth-order valence-electron chi connectivity index (χ4n) is 1.29. The Balaban J connectivity index is 2.31. The lowest BCUT2D eigenvalue weighted by Gasteiger charge is -2.06. The van der Waals surface area contributed by atoms with Crippen LogP contribution in [0.4, 0.5) is 5.82 Å². The number of aryl methyl sites for hydroxylation is 2. The molecule has 1 aromatic heterocycles. The molecule has 1 heterocycles. The lowest BCUT2D eigenvalue weighted by atomic mass is 10.4. The van der Waals surface area contributed by atoms with Crippen LogP contribution in [0, 0.1) is 6.92 Å². The molecule has 0 aliphatic rings. The molecule has 0 saturated heterocycles. The summed E-state index contributed by atoms with van der Waals surface area (Å²) in [5, 5.41) is 9.87. The van der Waals surface area contributed by atoms with E-state index in [1.807, 2.05) is 13.0 Å². The Morgan fingerprint density at radius 1 is 1.62 bits per heavy atom. The first kappa shape index (κ1) is 12.7. The maximum Gasteiger partial charge on any atom is 0.239 e. The van der Waals surface area contributed by atoms with Crippen LogP contribution in [0.15, 0.2) is 6.07 Å². The van der Waals surface area contributed by atoms with Crippen molar-refractivity contribution in [3.63, 3.8) is 0 Å².